The number of carbonyl (C=O) groups is 1. The van der Waals surface area contributed by atoms with Crippen LogP contribution in [-0.2, 0) is 4.79 Å². The first kappa shape index (κ1) is 24.7. The van der Waals surface area contributed by atoms with Crippen LogP contribution in [0.2, 0.25) is 0 Å². The number of anilines is 1. The Kier molecular flexibility index (Phi) is 8.16. The molecule has 0 radical (unpaired) electrons. The summed E-state index contributed by atoms with van der Waals surface area (Å²) in [6.07, 6.45) is 5.74. The topological polar surface area (TPSA) is 97.2 Å². The minimum Gasteiger partial charge on any atom is -0.496 e. The van der Waals surface area contributed by atoms with E-state index in [4.69, 9.17) is 9.47 Å². The fraction of sp³-hybridized carbons (Fsp3) is 0.222. The Morgan fingerprint density at radius 2 is 1.82 bits per heavy atom. The third-order valence-corrected chi connectivity index (χ3v) is 5.57. The predicted molar refractivity (Wildman–Crippen MR) is 135 cm³/mol. The summed E-state index contributed by atoms with van der Waals surface area (Å²) in [7, 11) is 2.95. The summed E-state index contributed by atoms with van der Waals surface area (Å²) in [6.45, 7) is 3.93. The van der Waals surface area contributed by atoms with Gasteiger partial charge in [0.05, 0.1) is 36.6 Å². The van der Waals surface area contributed by atoms with Gasteiger partial charge in [0.15, 0.2) is 5.78 Å². The quantitative estimate of drug-likeness (QED) is 0.150. The number of hydrogen-bond acceptors (Lipinski definition) is 7. The van der Waals surface area contributed by atoms with Gasteiger partial charge in [-0.2, -0.15) is 0 Å². The monoisotopic (exact) mass is 460 g/mol. The summed E-state index contributed by atoms with van der Waals surface area (Å²) in [5.74, 6) is -0.0301. The summed E-state index contributed by atoms with van der Waals surface area (Å²) in [4.78, 5) is 25.1. The number of methoxy groups -OCH3 is 2. The number of hydrogen-bond donors (Lipinski definition) is 2. The van der Waals surface area contributed by atoms with E-state index in [1.165, 1.54) is 26.4 Å². The Balaban J connectivity index is 2.27. The molecule has 0 saturated carbocycles. The van der Waals surface area contributed by atoms with Crippen LogP contribution in [0.5, 0.6) is 11.5 Å². The van der Waals surface area contributed by atoms with Crippen LogP contribution in [-0.4, -0.2) is 25.2 Å². The molecule has 0 spiro atoms. The maximum atomic E-state index is 13.5. The Morgan fingerprint density at radius 1 is 1.09 bits per heavy atom. The molecule has 1 atom stereocenters. The predicted octanol–water partition coefficient (Wildman–Crippen LogP) is 6.78. The van der Waals surface area contributed by atoms with Gasteiger partial charge in [-0.15, -0.1) is 4.91 Å². The van der Waals surface area contributed by atoms with Gasteiger partial charge < -0.3 is 9.47 Å². The number of benzene rings is 3. The average molecular weight is 461 g/mol. The first-order valence-corrected chi connectivity index (χ1v) is 10.8. The highest BCUT2D eigenvalue weighted by atomic mass is 16.5. The SMILES string of the molecule is COc1cc(C(CC=C(C)C)C(=O)C=Cc2ccccc2)c(OC)c2c(N=O)ccc(NO)c12. The van der Waals surface area contributed by atoms with Gasteiger partial charge in [0, 0.05) is 5.56 Å². The maximum absolute atomic E-state index is 13.5. The van der Waals surface area contributed by atoms with Crippen LogP contribution in [0.15, 0.2) is 71.4 Å². The summed E-state index contributed by atoms with van der Waals surface area (Å²) >= 11 is 0. The lowest BCUT2D eigenvalue weighted by atomic mass is 9.87. The minimum atomic E-state index is -0.603. The van der Waals surface area contributed by atoms with Gasteiger partial charge in [0.1, 0.15) is 17.2 Å². The number of ether oxygens (including phenoxy) is 2. The standard InChI is InChI=1S/C27H28N2O5/c1-17(2)10-12-19(23(30)15-11-18-8-6-5-7-9-18)20-16-24(33-3)25-21(28-31)13-14-22(29-32)26(25)27(20)34-4/h5-11,13-16,19,28,31H,12H2,1-4H3. The van der Waals surface area contributed by atoms with Gasteiger partial charge in [-0.25, -0.2) is 0 Å². The van der Waals surface area contributed by atoms with Gasteiger partial charge in [-0.3, -0.25) is 15.5 Å². The number of rotatable bonds is 10. The third kappa shape index (κ3) is 5.15. The number of nitroso groups, excluding NO2 is 1. The lowest BCUT2D eigenvalue weighted by Gasteiger charge is -2.22. The van der Waals surface area contributed by atoms with Crippen molar-refractivity contribution in [3.05, 3.63) is 82.3 Å². The van der Waals surface area contributed by atoms with E-state index in [0.29, 0.717) is 39.9 Å². The molecular weight excluding hydrogens is 432 g/mol. The van der Waals surface area contributed by atoms with Crippen molar-refractivity contribution in [1.82, 2.24) is 0 Å². The molecule has 0 fully saturated rings. The van der Waals surface area contributed by atoms with Crippen molar-refractivity contribution in [3.8, 4) is 11.5 Å². The van der Waals surface area contributed by atoms with E-state index in [9.17, 15) is 14.9 Å². The van der Waals surface area contributed by atoms with E-state index < -0.39 is 5.92 Å². The van der Waals surface area contributed by atoms with Crippen molar-refractivity contribution < 1.29 is 19.5 Å². The molecule has 176 valence electrons. The van der Waals surface area contributed by atoms with Crippen molar-refractivity contribution in [3.63, 3.8) is 0 Å². The van der Waals surface area contributed by atoms with Crippen LogP contribution >= 0.6 is 0 Å². The van der Waals surface area contributed by atoms with Crippen molar-refractivity contribution >= 4 is 34.0 Å². The molecule has 0 bridgehead atoms. The lowest BCUT2D eigenvalue weighted by Crippen LogP contribution is -2.12. The molecule has 0 aromatic heterocycles. The van der Waals surface area contributed by atoms with Crippen molar-refractivity contribution in [2.24, 2.45) is 5.18 Å². The molecule has 3 aromatic rings. The van der Waals surface area contributed by atoms with E-state index in [1.54, 1.807) is 18.2 Å². The average Bonchev–Trinajstić information content (AvgIpc) is 2.86. The normalized spacial score (nSPS) is 11.8. The number of fused-ring (bicyclic) bond motifs is 1. The fourth-order valence-corrected chi connectivity index (χ4v) is 3.92. The van der Waals surface area contributed by atoms with Gasteiger partial charge in [-0.05, 0) is 55.3 Å². The molecule has 34 heavy (non-hydrogen) atoms. The number of ketones is 1. The van der Waals surface area contributed by atoms with Crippen molar-refractivity contribution in [2.75, 3.05) is 19.7 Å². The molecule has 0 aliphatic rings. The molecule has 2 N–H and O–H groups in total. The summed E-state index contributed by atoms with van der Waals surface area (Å²) in [5.41, 5.74) is 5.10. The van der Waals surface area contributed by atoms with Gasteiger partial charge >= 0.3 is 0 Å². The van der Waals surface area contributed by atoms with Crippen LogP contribution in [0.3, 0.4) is 0 Å². The zero-order valence-corrected chi connectivity index (χ0v) is 19.7. The highest BCUT2D eigenvalue weighted by Crippen LogP contribution is 2.48. The molecule has 0 aliphatic heterocycles. The van der Waals surface area contributed by atoms with Crippen molar-refractivity contribution in [2.45, 2.75) is 26.2 Å². The third-order valence-electron chi connectivity index (χ3n) is 5.57. The second-order valence-corrected chi connectivity index (χ2v) is 8.00. The first-order chi connectivity index (χ1) is 16.4. The second kappa shape index (κ2) is 11.2. The highest BCUT2D eigenvalue weighted by Gasteiger charge is 2.27. The lowest BCUT2D eigenvalue weighted by molar-refractivity contribution is -0.115. The molecule has 0 aliphatic carbocycles. The molecule has 0 heterocycles. The fourth-order valence-electron chi connectivity index (χ4n) is 3.92. The van der Waals surface area contributed by atoms with E-state index in [-0.39, 0.29) is 11.5 Å². The largest absolute Gasteiger partial charge is 0.496 e. The van der Waals surface area contributed by atoms with Crippen molar-refractivity contribution in [1.29, 1.82) is 0 Å². The molecule has 1 unspecified atom stereocenters. The Morgan fingerprint density at radius 3 is 2.41 bits per heavy atom. The van der Waals surface area contributed by atoms with Crippen LogP contribution in [0.25, 0.3) is 16.8 Å². The second-order valence-electron chi connectivity index (χ2n) is 8.00. The number of nitrogens with zero attached hydrogens (tertiary/aromatic N) is 1. The smallest absolute Gasteiger partial charge is 0.163 e. The summed E-state index contributed by atoms with van der Waals surface area (Å²) in [6, 6.07) is 14.3. The number of allylic oxidation sites excluding steroid dienone is 3. The van der Waals surface area contributed by atoms with E-state index in [0.717, 1.165) is 11.1 Å². The Hall–Kier alpha value is -3.97. The van der Waals surface area contributed by atoms with E-state index in [1.807, 2.05) is 50.3 Å². The van der Waals surface area contributed by atoms with Crippen LogP contribution in [0.4, 0.5) is 11.4 Å². The molecule has 0 saturated heterocycles. The summed E-state index contributed by atoms with van der Waals surface area (Å²) < 4.78 is 11.3. The van der Waals surface area contributed by atoms with Crippen LogP contribution < -0.4 is 15.0 Å². The molecule has 3 rings (SSSR count). The highest BCUT2D eigenvalue weighted by molar-refractivity contribution is 6.10. The minimum absolute atomic E-state index is 0.110. The Labute approximate surface area is 198 Å². The van der Waals surface area contributed by atoms with E-state index >= 15 is 0 Å². The number of carbonyl (C=O) groups excluding carboxylic acids is 1. The molecular formula is C27H28N2O5. The first-order valence-electron chi connectivity index (χ1n) is 10.8. The summed E-state index contributed by atoms with van der Waals surface area (Å²) in [5, 5.41) is 13.6. The number of nitrogens with one attached hydrogen (secondary N) is 1. The Bertz CT molecular complexity index is 1250. The molecule has 7 nitrogen and oxygen atoms in total. The zero-order chi connectivity index (χ0) is 24.7. The van der Waals surface area contributed by atoms with Gasteiger partial charge in [-0.1, -0.05) is 48.1 Å². The van der Waals surface area contributed by atoms with Gasteiger partial charge in [0.25, 0.3) is 0 Å². The molecule has 7 heteroatoms. The zero-order valence-electron chi connectivity index (χ0n) is 19.7. The van der Waals surface area contributed by atoms with Crippen LogP contribution in [0, 0.1) is 4.91 Å². The van der Waals surface area contributed by atoms with Crippen LogP contribution in [0.1, 0.15) is 37.3 Å². The van der Waals surface area contributed by atoms with Gasteiger partial charge in [0.2, 0.25) is 0 Å². The maximum Gasteiger partial charge on any atom is 0.163 e. The molecule has 0 amide bonds. The van der Waals surface area contributed by atoms with E-state index in [2.05, 4.69) is 10.7 Å². The molecule has 3 aromatic carbocycles.